The normalized spacial score (nSPS) is 14.3. The van der Waals surface area contributed by atoms with Gasteiger partial charge in [-0.05, 0) is 12.1 Å². The molecule has 1 aliphatic heterocycles. The van der Waals surface area contributed by atoms with Crippen LogP contribution < -0.4 is 5.32 Å². The second kappa shape index (κ2) is 2.75. The van der Waals surface area contributed by atoms with Crippen LogP contribution in [0.25, 0.3) is 0 Å². The molecule has 0 aromatic heterocycles. The van der Waals surface area contributed by atoms with Crippen LogP contribution in [0.15, 0.2) is 16.6 Å². The predicted molar refractivity (Wildman–Crippen MR) is 51.5 cm³/mol. The van der Waals surface area contributed by atoms with Crippen LogP contribution in [0.2, 0.25) is 5.02 Å². The molecule has 0 bridgehead atoms. The highest BCUT2D eigenvalue weighted by atomic mass is 79.9. The van der Waals surface area contributed by atoms with E-state index in [-0.39, 0.29) is 5.91 Å². The van der Waals surface area contributed by atoms with E-state index in [1.54, 1.807) is 6.07 Å². The molecule has 1 aliphatic rings. The summed E-state index contributed by atoms with van der Waals surface area (Å²) in [6.45, 7) is 0. The molecule has 2 nitrogen and oxygen atoms in total. The number of amides is 1. The monoisotopic (exact) mass is 245 g/mol. The number of carbonyl (C=O) groups is 1. The third-order valence-corrected chi connectivity index (χ3v) is 2.57. The maximum atomic E-state index is 11.0. The van der Waals surface area contributed by atoms with Gasteiger partial charge in [0.25, 0.3) is 0 Å². The van der Waals surface area contributed by atoms with Crippen LogP contribution in [0.3, 0.4) is 0 Å². The molecule has 12 heavy (non-hydrogen) atoms. The summed E-state index contributed by atoms with van der Waals surface area (Å²) in [5.74, 6) is 0.00463. The van der Waals surface area contributed by atoms with Crippen molar-refractivity contribution >= 4 is 39.1 Å². The smallest absolute Gasteiger partial charge is 0.228 e. The number of carbonyl (C=O) groups excluding carboxylic acids is 1. The molecule has 0 atom stereocenters. The van der Waals surface area contributed by atoms with Gasteiger partial charge in [0.1, 0.15) is 0 Å². The number of anilines is 1. The highest BCUT2D eigenvalue weighted by molar-refractivity contribution is 9.10. The van der Waals surface area contributed by atoms with Gasteiger partial charge in [-0.15, -0.1) is 0 Å². The van der Waals surface area contributed by atoms with E-state index in [0.717, 1.165) is 15.7 Å². The Morgan fingerprint density at radius 2 is 2.25 bits per heavy atom. The fourth-order valence-electron chi connectivity index (χ4n) is 1.25. The molecule has 0 fully saturated rings. The standard InChI is InChI=1S/C8H5BrClNO/c9-4-1-6(10)5-3-8(12)11-7(5)2-4/h1-2H,3H2,(H,11,12). The Kier molecular flexibility index (Phi) is 1.85. The molecule has 0 radical (unpaired) electrons. The van der Waals surface area contributed by atoms with Crippen molar-refractivity contribution in [2.45, 2.75) is 6.42 Å². The zero-order chi connectivity index (χ0) is 8.72. The lowest BCUT2D eigenvalue weighted by Gasteiger charge is -2.00. The largest absolute Gasteiger partial charge is 0.325 e. The zero-order valence-electron chi connectivity index (χ0n) is 6.03. The molecule has 0 saturated heterocycles. The molecule has 0 saturated carbocycles. The van der Waals surface area contributed by atoms with Crippen LogP contribution in [0, 0.1) is 0 Å². The molecule has 1 heterocycles. The summed E-state index contributed by atoms with van der Waals surface area (Å²) in [6.07, 6.45) is 0.390. The molecule has 0 aliphatic carbocycles. The third-order valence-electron chi connectivity index (χ3n) is 1.77. The minimum atomic E-state index is 0.00463. The van der Waals surface area contributed by atoms with Gasteiger partial charge in [-0.25, -0.2) is 0 Å². The number of hydrogen-bond donors (Lipinski definition) is 1. The summed E-state index contributed by atoms with van der Waals surface area (Å²) in [7, 11) is 0. The maximum Gasteiger partial charge on any atom is 0.228 e. The van der Waals surface area contributed by atoms with E-state index in [1.807, 2.05) is 6.07 Å². The topological polar surface area (TPSA) is 29.1 Å². The first kappa shape index (κ1) is 8.08. The second-order valence-electron chi connectivity index (χ2n) is 2.64. The van der Waals surface area contributed by atoms with Gasteiger partial charge in [0, 0.05) is 20.7 Å². The van der Waals surface area contributed by atoms with Crippen LogP contribution in [0.1, 0.15) is 5.56 Å². The predicted octanol–water partition coefficient (Wildman–Crippen LogP) is 2.60. The molecular weight excluding hydrogens is 241 g/mol. The van der Waals surface area contributed by atoms with Crippen molar-refractivity contribution in [1.82, 2.24) is 0 Å². The SMILES string of the molecule is O=C1Cc2c(Cl)cc(Br)cc2N1. The van der Waals surface area contributed by atoms with E-state index in [2.05, 4.69) is 21.2 Å². The van der Waals surface area contributed by atoms with E-state index < -0.39 is 0 Å². The van der Waals surface area contributed by atoms with Crippen LogP contribution >= 0.6 is 27.5 Å². The molecule has 1 aromatic rings. The van der Waals surface area contributed by atoms with Crippen molar-refractivity contribution in [3.05, 3.63) is 27.2 Å². The first-order chi connectivity index (χ1) is 5.66. The first-order valence-corrected chi connectivity index (χ1v) is 4.61. The van der Waals surface area contributed by atoms with Crippen molar-refractivity contribution in [3.8, 4) is 0 Å². The molecular formula is C8H5BrClNO. The van der Waals surface area contributed by atoms with E-state index >= 15 is 0 Å². The summed E-state index contributed by atoms with van der Waals surface area (Å²) >= 11 is 9.22. The van der Waals surface area contributed by atoms with Gasteiger partial charge in [0.15, 0.2) is 0 Å². The summed E-state index contributed by atoms with van der Waals surface area (Å²) in [4.78, 5) is 11.0. The Morgan fingerprint density at radius 3 is 3.00 bits per heavy atom. The lowest BCUT2D eigenvalue weighted by molar-refractivity contribution is -0.115. The van der Waals surface area contributed by atoms with Gasteiger partial charge < -0.3 is 5.32 Å². The van der Waals surface area contributed by atoms with Crippen LogP contribution in [-0.2, 0) is 11.2 Å². The van der Waals surface area contributed by atoms with Crippen LogP contribution in [0.5, 0.6) is 0 Å². The van der Waals surface area contributed by atoms with Gasteiger partial charge in [-0.3, -0.25) is 4.79 Å². The minimum absolute atomic E-state index is 0.00463. The third kappa shape index (κ3) is 1.23. The van der Waals surface area contributed by atoms with Gasteiger partial charge in [-0.1, -0.05) is 27.5 Å². The second-order valence-corrected chi connectivity index (χ2v) is 3.96. The highest BCUT2D eigenvalue weighted by Gasteiger charge is 2.20. The Hall–Kier alpha value is -0.540. The lowest BCUT2D eigenvalue weighted by atomic mass is 10.2. The van der Waals surface area contributed by atoms with Gasteiger partial charge in [0.2, 0.25) is 5.91 Å². The Labute approximate surface area is 83.0 Å². The highest BCUT2D eigenvalue weighted by Crippen LogP contribution is 2.33. The molecule has 1 amide bonds. The summed E-state index contributed by atoms with van der Waals surface area (Å²) in [5, 5.41) is 3.36. The number of halogens is 2. The van der Waals surface area contributed by atoms with Crippen molar-refractivity contribution in [3.63, 3.8) is 0 Å². The minimum Gasteiger partial charge on any atom is -0.325 e. The molecule has 1 aromatic carbocycles. The molecule has 0 unspecified atom stereocenters. The molecule has 4 heteroatoms. The van der Waals surface area contributed by atoms with Crippen molar-refractivity contribution in [2.24, 2.45) is 0 Å². The first-order valence-electron chi connectivity index (χ1n) is 3.44. The Morgan fingerprint density at radius 1 is 1.50 bits per heavy atom. The number of benzene rings is 1. The molecule has 0 spiro atoms. The molecule has 1 N–H and O–H groups in total. The summed E-state index contributed by atoms with van der Waals surface area (Å²) in [6, 6.07) is 3.65. The average molecular weight is 246 g/mol. The van der Waals surface area contributed by atoms with Gasteiger partial charge in [-0.2, -0.15) is 0 Å². The lowest BCUT2D eigenvalue weighted by Crippen LogP contribution is -2.03. The van der Waals surface area contributed by atoms with E-state index in [4.69, 9.17) is 11.6 Å². The summed E-state index contributed by atoms with van der Waals surface area (Å²) < 4.78 is 0.883. The number of fused-ring (bicyclic) bond motifs is 1. The van der Waals surface area contributed by atoms with Crippen LogP contribution in [0.4, 0.5) is 5.69 Å². The van der Waals surface area contributed by atoms with Crippen LogP contribution in [-0.4, -0.2) is 5.91 Å². The summed E-state index contributed by atoms with van der Waals surface area (Å²) in [5.41, 5.74) is 1.71. The van der Waals surface area contributed by atoms with E-state index in [0.29, 0.717) is 11.4 Å². The van der Waals surface area contributed by atoms with E-state index in [1.165, 1.54) is 0 Å². The maximum absolute atomic E-state index is 11.0. The Balaban J connectivity index is 2.59. The van der Waals surface area contributed by atoms with Gasteiger partial charge in [0.05, 0.1) is 6.42 Å². The molecule has 2 rings (SSSR count). The number of nitrogens with one attached hydrogen (secondary N) is 1. The van der Waals surface area contributed by atoms with Gasteiger partial charge >= 0.3 is 0 Å². The average Bonchev–Trinajstić information content (AvgIpc) is 2.29. The van der Waals surface area contributed by atoms with Crippen molar-refractivity contribution in [1.29, 1.82) is 0 Å². The zero-order valence-corrected chi connectivity index (χ0v) is 8.37. The quantitative estimate of drug-likeness (QED) is 0.749. The fraction of sp³-hybridized carbons (Fsp3) is 0.125. The molecule has 62 valence electrons. The Bertz CT molecular complexity index is 364. The van der Waals surface area contributed by atoms with E-state index in [9.17, 15) is 4.79 Å². The van der Waals surface area contributed by atoms with Crippen molar-refractivity contribution in [2.75, 3.05) is 5.32 Å². The number of rotatable bonds is 0. The number of hydrogen-bond acceptors (Lipinski definition) is 1. The fourth-order valence-corrected chi connectivity index (χ4v) is 2.13. The van der Waals surface area contributed by atoms with Crippen molar-refractivity contribution < 1.29 is 4.79 Å².